The summed E-state index contributed by atoms with van der Waals surface area (Å²) in [5, 5.41) is 8.41. The molecule has 0 saturated carbocycles. The van der Waals surface area contributed by atoms with Crippen molar-refractivity contribution in [2.75, 3.05) is 0 Å². The predicted molar refractivity (Wildman–Crippen MR) is 41.7 cm³/mol. The molecule has 0 amide bonds. The van der Waals surface area contributed by atoms with Gasteiger partial charge in [0.15, 0.2) is 0 Å². The summed E-state index contributed by atoms with van der Waals surface area (Å²) in [4.78, 5) is 3.40. The van der Waals surface area contributed by atoms with Gasteiger partial charge >= 0.3 is 6.18 Å². The molecule has 6 heteroatoms. The van der Waals surface area contributed by atoms with E-state index in [-0.39, 0.29) is 4.60 Å². The molecule has 1 aromatic heterocycles. The summed E-state index contributed by atoms with van der Waals surface area (Å²) >= 11 is 2.87. The van der Waals surface area contributed by atoms with E-state index in [2.05, 4.69) is 20.9 Å². The molecule has 0 spiro atoms. The van der Waals surface area contributed by atoms with E-state index in [1.165, 1.54) is 6.07 Å². The number of alkyl halides is 3. The lowest BCUT2D eigenvalue weighted by Crippen LogP contribution is -2.08. The Balaban J connectivity index is 3.32. The van der Waals surface area contributed by atoms with Crippen LogP contribution in [0.15, 0.2) is 16.9 Å². The molecule has 0 aromatic carbocycles. The summed E-state index contributed by atoms with van der Waals surface area (Å²) in [5.74, 6) is 0. The van der Waals surface area contributed by atoms with Crippen molar-refractivity contribution >= 4 is 15.9 Å². The van der Waals surface area contributed by atoms with Gasteiger partial charge in [-0.2, -0.15) is 18.4 Å². The highest BCUT2D eigenvalue weighted by Gasteiger charge is 2.34. The van der Waals surface area contributed by atoms with Crippen LogP contribution in [0.4, 0.5) is 13.2 Å². The Labute approximate surface area is 80.1 Å². The normalized spacial score (nSPS) is 11.0. The van der Waals surface area contributed by atoms with Crippen LogP contribution < -0.4 is 0 Å². The van der Waals surface area contributed by atoms with E-state index in [4.69, 9.17) is 5.26 Å². The third-order valence-corrected chi connectivity index (χ3v) is 1.73. The molecule has 68 valence electrons. The van der Waals surface area contributed by atoms with Crippen molar-refractivity contribution in [3.63, 3.8) is 0 Å². The fourth-order valence-electron chi connectivity index (χ4n) is 0.748. The molecule has 0 aliphatic rings. The van der Waals surface area contributed by atoms with Gasteiger partial charge in [0.1, 0.15) is 4.60 Å². The Kier molecular flexibility index (Phi) is 2.57. The van der Waals surface area contributed by atoms with Gasteiger partial charge in [0.25, 0.3) is 0 Å². The molecule has 13 heavy (non-hydrogen) atoms. The molecule has 0 saturated heterocycles. The number of pyridine rings is 1. The molecule has 0 unspecified atom stereocenters. The maximum atomic E-state index is 12.2. The Morgan fingerprint density at radius 3 is 2.54 bits per heavy atom. The summed E-state index contributed by atoms with van der Waals surface area (Å²) in [6, 6.07) is 2.48. The first-order valence-corrected chi connectivity index (χ1v) is 3.87. The minimum Gasteiger partial charge on any atom is -0.249 e. The molecule has 1 heterocycles. The van der Waals surface area contributed by atoms with Crippen LogP contribution in [0, 0.1) is 11.3 Å². The standard InChI is InChI=1S/C7H2BrF3N2/c8-6-1-4(2-12)5(3-13-6)7(9,10)11/h1,3H. The van der Waals surface area contributed by atoms with Gasteiger partial charge in [-0.05, 0) is 22.0 Å². The molecule has 1 aromatic rings. The van der Waals surface area contributed by atoms with E-state index in [0.717, 1.165) is 6.07 Å². The van der Waals surface area contributed by atoms with Gasteiger partial charge in [0.05, 0.1) is 17.2 Å². The summed E-state index contributed by atoms with van der Waals surface area (Å²) in [6.07, 6.45) is -3.90. The average Bonchev–Trinajstić information content (AvgIpc) is 2.01. The molecule has 0 N–H and O–H groups in total. The Morgan fingerprint density at radius 1 is 1.46 bits per heavy atom. The van der Waals surface area contributed by atoms with Crippen LogP contribution in [-0.2, 0) is 6.18 Å². The van der Waals surface area contributed by atoms with E-state index in [9.17, 15) is 13.2 Å². The van der Waals surface area contributed by atoms with Gasteiger partial charge in [-0.3, -0.25) is 0 Å². The van der Waals surface area contributed by atoms with Gasteiger partial charge in [-0.1, -0.05) is 0 Å². The molecular formula is C7H2BrF3N2. The summed E-state index contributed by atoms with van der Waals surface area (Å²) in [7, 11) is 0. The summed E-state index contributed by atoms with van der Waals surface area (Å²) < 4.78 is 36.7. The lowest BCUT2D eigenvalue weighted by atomic mass is 10.1. The van der Waals surface area contributed by atoms with Crippen molar-refractivity contribution in [3.05, 3.63) is 28.0 Å². The minimum absolute atomic E-state index is 0.206. The molecule has 0 aliphatic carbocycles. The number of nitriles is 1. The third-order valence-electron chi connectivity index (χ3n) is 1.30. The second kappa shape index (κ2) is 3.34. The zero-order chi connectivity index (χ0) is 10.1. The molecule has 0 atom stereocenters. The van der Waals surface area contributed by atoms with Crippen LogP contribution in [0.5, 0.6) is 0 Å². The molecule has 0 fully saturated rings. The van der Waals surface area contributed by atoms with E-state index in [1.807, 2.05) is 0 Å². The highest BCUT2D eigenvalue weighted by Crippen LogP contribution is 2.31. The number of halogens is 4. The molecule has 0 bridgehead atoms. The highest BCUT2D eigenvalue weighted by atomic mass is 79.9. The number of hydrogen-bond acceptors (Lipinski definition) is 2. The summed E-state index contributed by atoms with van der Waals surface area (Å²) in [5.41, 5.74) is -1.45. The number of hydrogen-bond donors (Lipinski definition) is 0. The van der Waals surface area contributed by atoms with Gasteiger partial charge in [0, 0.05) is 6.20 Å². The highest BCUT2D eigenvalue weighted by molar-refractivity contribution is 9.10. The summed E-state index contributed by atoms with van der Waals surface area (Å²) in [6.45, 7) is 0. The van der Waals surface area contributed by atoms with Gasteiger partial charge in [-0.15, -0.1) is 0 Å². The first kappa shape index (κ1) is 9.99. The molecule has 2 nitrogen and oxygen atoms in total. The number of nitrogens with zero attached hydrogens (tertiary/aromatic N) is 2. The Bertz CT molecular complexity index is 367. The van der Waals surface area contributed by atoms with Crippen molar-refractivity contribution in [3.8, 4) is 6.07 Å². The first-order valence-electron chi connectivity index (χ1n) is 3.08. The quantitative estimate of drug-likeness (QED) is 0.664. The Morgan fingerprint density at radius 2 is 2.08 bits per heavy atom. The smallest absolute Gasteiger partial charge is 0.249 e. The van der Waals surface area contributed by atoms with E-state index < -0.39 is 17.3 Å². The van der Waals surface area contributed by atoms with Gasteiger partial charge < -0.3 is 0 Å². The fraction of sp³-hybridized carbons (Fsp3) is 0.143. The third kappa shape index (κ3) is 2.18. The second-order valence-corrected chi connectivity index (χ2v) is 2.97. The number of aromatic nitrogens is 1. The lowest BCUT2D eigenvalue weighted by molar-refractivity contribution is -0.138. The topological polar surface area (TPSA) is 36.7 Å². The van der Waals surface area contributed by atoms with Crippen LogP contribution in [0.2, 0.25) is 0 Å². The lowest BCUT2D eigenvalue weighted by Gasteiger charge is -2.07. The van der Waals surface area contributed by atoms with Crippen molar-refractivity contribution in [2.24, 2.45) is 0 Å². The minimum atomic E-state index is -4.53. The largest absolute Gasteiger partial charge is 0.419 e. The second-order valence-electron chi connectivity index (χ2n) is 2.16. The van der Waals surface area contributed by atoms with Crippen molar-refractivity contribution in [1.29, 1.82) is 5.26 Å². The molecule has 0 aliphatic heterocycles. The van der Waals surface area contributed by atoms with Crippen LogP contribution in [0.1, 0.15) is 11.1 Å². The van der Waals surface area contributed by atoms with Gasteiger partial charge in [-0.25, -0.2) is 4.98 Å². The average molecular weight is 251 g/mol. The Hall–Kier alpha value is -1.09. The first-order chi connectivity index (χ1) is 5.95. The monoisotopic (exact) mass is 250 g/mol. The van der Waals surface area contributed by atoms with Crippen LogP contribution in [0.3, 0.4) is 0 Å². The maximum Gasteiger partial charge on any atom is 0.419 e. The van der Waals surface area contributed by atoms with Crippen molar-refractivity contribution in [1.82, 2.24) is 4.98 Å². The van der Waals surface area contributed by atoms with E-state index in [0.29, 0.717) is 6.20 Å². The van der Waals surface area contributed by atoms with Gasteiger partial charge in [0.2, 0.25) is 0 Å². The van der Waals surface area contributed by atoms with Crippen LogP contribution in [-0.4, -0.2) is 4.98 Å². The molecule has 0 radical (unpaired) electrons. The van der Waals surface area contributed by atoms with Crippen LogP contribution in [0.25, 0.3) is 0 Å². The SMILES string of the molecule is N#Cc1cc(Br)ncc1C(F)(F)F. The van der Waals surface area contributed by atoms with E-state index >= 15 is 0 Å². The van der Waals surface area contributed by atoms with Crippen molar-refractivity contribution < 1.29 is 13.2 Å². The zero-order valence-corrected chi connectivity index (χ0v) is 7.65. The fourth-order valence-corrected chi connectivity index (χ4v) is 1.08. The number of rotatable bonds is 0. The molecule has 1 rings (SSSR count). The maximum absolute atomic E-state index is 12.2. The molecular weight excluding hydrogens is 249 g/mol. The predicted octanol–water partition coefficient (Wildman–Crippen LogP) is 2.73. The zero-order valence-electron chi connectivity index (χ0n) is 6.06. The van der Waals surface area contributed by atoms with E-state index in [1.54, 1.807) is 0 Å². The van der Waals surface area contributed by atoms with Crippen LogP contribution >= 0.6 is 15.9 Å². The van der Waals surface area contributed by atoms with Crippen molar-refractivity contribution in [2.45, 2.75) is 6.18 Å².